The molecule has 0 fully saturated rings. The van der Waals surface area contributed by atoms with Crippen LogP contribution in [0.4, 0.5) is 0 Å². The van der Waals surface area contributed by atoms with Crippen molar-refractivity contribution < 1.29 is 14.1 Å². The first-order chi connectivity index (χ1) is 12.9. The molecular weight excluding hydrogens is 342 g/mol. The summed E-state index contributed by atoms with van der Waals surface area (Å²) in [4.78, 5) is 16.6. The van der Waals surface area contributed by atoms with Crippen LogP contribution in [0.3, 0.4) is 0 Å². The van der Waals surface area contributed by atoms with E-state index in [0.717, 1.165) is 22.3 Å². The molecule has 1 amide bonds. The third-order valence-electron chi connectivity index (χ3n) is 4.39. The van der Waals surface area contributed by atoms with Crippen molar-refractivity contribution in [2.45, 2.75) is 40.3 Å². The number of carbonyl (C=O) groups excluding carboxylic acids is 1. The summed E-state index contributed by atoms with van der Waals surface area (Å²) < 4.78 is 11.0. The number of amides is 1. The molecule has 1 atom stereocenters. The van der Waals surface area contributed by atoms with Gasteiger partial charge in [-0.15, -0.1) is 0 Å². The Morgan fingerprint density at radius 3 is 2.74 bits per heavy atom. The second kappa shape index (κ2) is 8.03. The van der Waals surface area contributed by atoms with Gasteiger partial charge in [-0.1, -0.05) is 41.1 Å². The molecule has 1 heterocycles. The number of nitrogens with zero attached hydrogens (tertiary/aromatic N) is 2. The number of ether oxygens (including phenoxy) is 1. The van der Waals surface area contributed by atoms with Crippen molar-refractivity contribution in [3.8, 4) is 17.1 Å². The second-order valence-electron chi connectivity index (χ2n) is 6.56. The van der Waals surface area contributed by atoms with E-state index in [1.807, 2.05) is 63.2 Å². The van der Waals surface area contributed by atoms with Crippen molar-refractivity contribution in [1.29, 1.82) is 0 Å². The van der Waals surface area contributed by atoms with E-state index in [4.69, 9.17) is 9.26 Å². The minimum absolute atomic E-state index is 0.151. The normalized spacial score (nSPS) is 11.9. The minimum Gasteiger partial charge on any atom is -0.481 e. The van der Waals surface area contributed by atoms with Gasteiger partial charge in [0.25, 0.3) is 5.91 Å². The number of benzene rings is 2. The van der Waals surface area contributed by atoms with Crippen molar-refractivity contribution in [3.63, 3.8) is 0 Å². The Bertz CT molecular complexity index is 949. The lowest BCUT2D eigenvalue weighted by molar-refractivity contribution is -0.127. The molecule has 3 aromatic rings. The van der Waals surface area contributed by atoms with E-state index in [1.54, 1.807) is 6.92 Å². The molecular formula is C21H23N3O3. The van der Waals surface area contributed by atoms with Gasteiger partial charge in [-0.25, -0.2) is 0 Å². The predicted octanol–water partition coefficient (Wildman–Crippen LogP) is 3.75. The molecule has 140 valence electrons. The molecule has 6 heteroatoms. The molecule has 0 aliphatic rings. The molecule has 0 bridgehead atoms. The topological polar surface area (TPSA) is 77.2 Å². The molecule has 0 saturated heterocycles. The second-order valence-corrected chi connectivity index (χ2v) is 6.56. The molecule has 0 spiro atoms. The molecule has 1 aromatic heterocycles. The van der Waals surface area contributed by atoms with Gasteiger partial charge in [-0.05, 0) is 51.0 Å². The number of hydrogen-bond donors (Lipinski definition) is 1. The number of aromatic nitrogens is 2. The molecule has 1 N–H and O–H groups in total. The van der Waals surface area contributed by atoms with Gasteiger partial charge in [0.15, 0.2) is 6.10 Å². The van der Waals surface area contributed by atoms with Crippen LogP contribution >= 0.6 is 0 Å². The van der Waals surface area contributed by atoms with Gasteiger partial charge in [0.2, 0.25) is 11.7 Å². The Morgan fingerprint density at radius 2 is 1.96 bits per heavy atom. The zero-order valence-corrected chi connectivity index (χ0v) is 15.9. The highest BCUT2D eigenvalue weighted by Crippen LogP contribution is 2.22. The Kier molecular flexibility index (Phi) is 5.54. The fourth-order valence-corrected chi connectivity index (χ4v) is 2.63. The van der Waals surface area contributed by atoms with Crippen LogP contribution in [0.25, 0.3) is 11.4 Å². The highest BCUT2D eigenvalue weighted by Gasteiger charge is 2.17. The van der Waals surface area contributed by atoms with E-state index in [1.165, 1.54) is 0 Å². The SMILES string of the molecule is Cc1cccc(-c2noc(CNC(=O)C(C)Oc3cccc(C)c3C)n2)c1. The van der Waals surface area contributed by atoms with Crippen molar-refractivity contribution >= 4 is 5.91 Å². The summed E-state index contributed by atoms with van der Waals surface area (Å²) in [6, 6.07) is 13.6. The largest absolute Gasteiger partial charge is 0.481 e. The fourth-order valence-electron chi connectivity index (χ4n) is 2.63. The average molecular weight is 365 g/mol. The zero-order valence-electron chi connectivity index (χ0n) is 15.9. The summed E-state index contributed by atoms with van der Waals surface area (Å²) >= 11 is 0. The zero-order chi connectivity index (χ0) is 19.4. The Balaban J connectivity index is 1.58. The summed E-state index contributed by atoms with van der Waals surface area (Å²) in [5.41, 5.74) is 4.14. The van der Waals surface area contributed by atoms with E-state index in [0.29, 0.717) is 17.5 Å². The van der Waals surface area contributed by atoms with Gasteiger partial charge >= 0.3 is 0 Å². The van der Waals surface area contributed by atoms with Crippen molar-refractivity contribution in [1.82, 2.24) is 15.5 Å². The number of nitrogens with one attached hydrogen (secondary N) is 1. The molecule has 2 aromatic carbocycles. The van der Waals surface area contributed by atoms with E-state index in [-0.39, 0.29) is 12.5 Å². The monoisotopic (exact) mass is 365 g/mol. The first-order valence-corrected chi connectivity index (χ1v) is 8.84. The van der Waals surface area contributed by atoms with Gasteiger partial charge < -0.3 is 14.6 Å². The highest BCUT2D eigenvalue weighted by atomic mass is 16.5. The first kappa shape index (κ1) is 18.6. The van der Waals surface area contributed by atoms with Crippen LogP contribution in [0.2, 0.25) is 0 Å². The van der Waals surface area contributed by atoms with Crippen LogP contribution in [-0.4, -0.2) is 22.2 Å². The summed E-state index contributed by atoms with van der Waals surface area (Å²) in [5, 5.41) is 6.74. The van der Waals surface area contributed by atoms with Gasteiger partial charge in [-0.2, -0.15) is 4.98 Å². The summed E-state index contributed by atoms with van der Waals surface area (Å²) in [6.45, 7) is 7.85. The quantitative estimate of drug-likeness (QED) is 0.720. The molecule has 3 rings (SSSR count). The molecule has 0 aliphatic heterocycles. The number of hydrogen-bond acceptors (Lipinski definition) is 5. The maximum absolute atomic E-state index is 12.3. The Labute approximate surface area is 158 Å². The van der Waals surface area contributed by atoms with Crippen LogP contribution in [0.15, 0.2) is 47.0 Å². The van der Waals surface area contributed by atoms with Crippen LogP contribution in [0, 0.1) is 20.8 Å². The Hall–Kier alpha value is -3.15. The molecule has 0 radical (unpaired) electrons. The van der Waals surface area contributed by atoms with Crippen LogP contribution in [0.5, 0.6) is 5.75 Å². The van der Waals surface area contributed by atoms with Crippen LogP contribution < -0.4 is 10.1 Å². The fraction of sp³-hybridized carbons (Fsp3) is 0.286. The number of aryl methyl sites for hydroxylation is 2. The third kappa shape index (κ3) is 4.53. The molecule has 1 unspecified atom stereocenters. The van der Waals surface area contributed by atoms with E-state index in [2.05, 4.69) is 15.5 Å². The Morgan fingerprint density at radius 1 is 1.19 bits per heavy atom. The number of rotatable bonds is 6. The van der Waals surface area contributed by atoms with E-state index >= 15 is 0 Å². The predicted molar refractivity (Wildman–Crippen MR) is 102 cm³/mol. The molecule has 6 nitrogen and oxygen atoms in total. The van der Waals surface area contributed by atoms with Crippen molar-refractivity contribution in [2.75, 3.05) is 0 Å². The third-order valence-corrected chi connectivity index (χ3v) is 4.39. The highest BCUT2D eigenvalue weighted by molar-refractivity contribution is 5.80. The van der Waals surface area contributed by atoms with Crippen molar-refractivity contribution in [2.24, 2.45) is 0 Å². The van der Waals surface area contributed by atoms with Gasteiger partial charge in [0.1, 0.15) is 5.75 Å². The van der Waals surface area contributed by atoms with Crippen molar-refractivity contribution in [3.05, 3.63) is 65.0 Å². The maximum atomic E-state index is 12.3. The molecule has 0 aliphatic carbocycles. The smallest absolute Gasteiger partial charge is 0.261 e. The first-order valence-electron chi connectivity index (χ1n) is 8.84. The maximum Gasteiger partial charge on any atom is 0.261 e. The van der Waals surface area contributed by atoms with Gasteiger partial charge in [0.05, 0.1) is 6.54 Å². The standard InChI is InChI=1S/C21H23N3O3/c1-13-7-5-9-17(11-13)20-23-19(27-24-20)12-22-21(25)16(4)26-18-10-6-8-14(2)15(18)3/h5-11,16H,12H2,1-4H3,(H,22,25). The van der Waals surface area contributed by atoms with Crippen LogP contribution in [0.1, 0.15) is 29.5 Å². The molecule has 0 saturated carbocycles. The number of carbonyl (C=O) groups is 1. The lowest BCUT2D eigenvalue weighted by Crippen LogP contribution is -2.36. The lowest BCUT2D eigenvalue weighted by Gasteiger charge is -2.16. The van der Waals surface area contributed by atoms with Gasteiger partial charge in [0, 0.05) is 5.56 Å². The van der Waals surface area contributed by atoms with E-state index in [9.17, 15) is 4.79 Å². The summed E-state index contributed by atoms with van der Waals surface area (Å²) in [6.07, 6.45) is -0.635. The molecule has 27 heavy (non-hydrogen) atoms. The summed E-state index contributed by atoms with van der Waals surface area (Å²) in [5.74, 6) is 1.31. The van der Waals surface area contributed by atoms with Crippen LogP contribution in [-0.2, 0) is 11.3 Å². The minimum atomic E-state index is -0.635. The van der Waals surface area contributed by atoms with E-state index < -0.39 is 6.10 Å². The summed E-state index contributed by atoms with van der Waals surface area (Å²) in [7, 11) is 0. The lowest BCUT2D eigenvalue weighted by atomic mass is 10.1. The van der Waals surface area contributed by atoms with Gasteiger partial charge in [-0.3, -0.25) is 4.79 Å². The average Bonchev–Trinajstić information content (AvgIpc) is 3.12.